The number of hydrogen-bond acceptors (Lipinski definition) is 2. The lowest BCUT2D eigenvalue weighted by atomic mass is 10.3. The van der Waals surface area contributed by atoms with E-state index in [1.165, 1.54) is 0 Å². The van der Waals surface area contributed by atoms with Crippen LogP contribution in [0.1, 0.15) is 20.8 Å². The van der Waals surface area contributed by atoms with Crippen LogP contribution in [-0.4, -0.2) is 10.5 Å². The third kappa shape index (κ3) is 6.70. The van der Waals surface area contributed by atoms with E-state index in [-0.39, 0.29) is 0 Å². The van der Waals surface area contributed by atoms with Crippen LogP contribution in [0.3, 0.4) is 0 Å². The van der Waals surface area contributed by atoms with Crippen LogP contribution in [0, 0.1) is 6.92 Å². The van der Waals surface area contributed by atoms with Crippen molar-refractivity contribution >= 4 is 21.6 Å². The first-order chi connectivity index (χ1) is 3.56. The highest BCUT2D eigenvalue weighted by Crippen LogP contribution is 2.34. The molecule has 0 heterocycles. The van der Waals surface area contributed by atoms with Gasteiger partial charge in [0, 0.05) is 10.5 Å². The van der Waals surface area contributed by atoms with E-state index in [0.29, 0.717) is 4.75 Å². The minimum atomic E-state index is 0.391. The lowest BCUT2D eigenvalue weighted by Gasteiger charge is -2.14. The average Bonchev–Trinajstić information content (AvgIpc) is 1.59. The second kappa shape index (κ2) is 3.67. The highest BCUT2D eigenvalue weighted by molar-refractivity contribution is 8.77. The SMILES string of the molecule is [CH2]CSSC(C)(C)C. The third-order valence-electron chi connectivity index (χ3n) is 0.392. The van der Waals surface area contributed by atoms with Crippen molar-refractivity contribution in [3.8, 4) is 0 Å². The summed E-state index contributed by atoms with van der Waals surface area (Å²) in [5.41, 5.74) is 0. The van der Waals surface area contributed by atoms with Crippen molar-refractivity contribution in [2.75, 3.05) is 5.75 Å². The van der Waals surface area contributed by atoms with Crippen LogP contribution in [0.2, 0.25) is 0 Å². The standard InChI is InChI=1S/C6H13S2/c1-5-7-8-6(2,3)4/h1,5H2,2-4H3. The molecule has 0 aromatic rings. The van der Waals surface area contributed by atoms with Gasteiger partial charge in [0.2, 0.25) is 0 Å². The molecule has 0 aliphatic heterocycles. The third-order valence-corrected chi connectivity index (χ3v) is 3.53. The first-order valence-electron chi connectivity index (χ1n) is 2.66. The fourth-order valence-electron chi connectivity index (χ4n) is 0.218. The molecule has 0 bridgehead atoms. The van der Waals surface area contributed by atoms with E-state index < -0.39 is 0 Å². The van der Waals surface area contributed by atoms with Crippen LogP contribution in [0.25, 0.3) is 0 Å². The minimum absolute atomic E-state index is 0.391. The molecule has 0 saturated heterocycles. The zero-order valence-corrected chi connectivity index (χ0v) is 7.36. The molecule has 0 N–H and O–H groups in total. The Hall–Kier alpha value is 0.700. The first kappa shape index (κ1) is 8.70. The van der Waals surface area contributed by atoms with Crippen molar-refractivity contribution in [1.82, 2.24) is 0 Å². The molecule has 0 amide bonds. The lowest BCUT2D eigenvalue weighted by Crippen LogP contribution is -2.04. The van der Waals surface area contributed by atoms with Gasteiger partial charge in [-0.2, -0.15) is 0 Å². The first-order valence-corrected chi connectivity index (χ1v) is 4.98. The Kier molecular flexibility index (Phi) is 4.00. The van der Waals surface area contributed by atoms with E-state index in [0.717, 1.165) is 5.75 Å². The van der Waals surface area contributed by atoms with Crippen LogP contribution in [0.5, 0.6) is 0 Å². The van der Waals surface area contributed by atoms with Gasteiger partial charge in [0.05, 0.1) is 0 Å². The smallest absolute Gasteiger partial charge is 0.0179 e. The summed E-state index contributed by atoms with van der Waals surface area (Å²) < 4.78 is 0.391. The second-order valence-corrected chi connectivity index (χ2v) is 5.76. The molecular formula is C6H13S2. The Morgan fingerprint density at radius 3 is 2.00 bits per heavy atom. The van der Waals surface area contributed by atoms with Crippen LogP contribution >= 0.6 is 21.6 Å². The summed E-state index contributed by atoms with van der Waals surface area (Å²) in [6, 6.07) is 0. The van der Waals surface area contributed by atoms with Gasteiger partial charge in [-0.25, -0.2) is 0 Å². The van der Waals surface area contributed by atoms with Crippen LogP contribution in [-0.2, 0) is 0 Å². The molecule has 8 heavy (non-hydrogen) atoms. The second-order valence-electron chi connectivity index (χ2n) is 2.52. The maximum absolute atomic E-state index is 3.73. The molecular weight excluding hydrogens is 136 g/mol. The average molecular weight is 149 g/mol. The predicted octanol–water partition coefficient (Wildman–Crippen LogP) is 3.00. The summed E-state index contributed by atoms with van der Waals surface area (Å²) in [7, 11) is 3.71. The van der Waals surface area contributed by atoms with Gasteiger partial charge in [0.1, 0.15) is 0 Å². The topological polar surface area (TPSA) is 0 Å². The molecule has 0 saturated carbocycles. The summed E-state index contributed by atoms with van der Waals surface area (Å²) in [6.45, 7) is 10.4. The largest absolute Gasteiger partial charge is 0.0936 e. The molecule has 1 radical (unpaired) electrons. The van der Waals surface area contributed by atoms with E-state index in [2.05, 4.69) is 27.7 Å². The van der Waals surface area contributed by atoms with E-state index in [1.807, 2.05) is 21.6 Å². The molecule has 0 spiro atoms. The van der Waals surface area contributed by atoms with Crippen molar-refractivity contribution in [1.29, 1.82) is 0 Å². The highest BCUT2D eigenvalue weighted by Gasteiger charge is 2.08. The fraction of sp³-hybridized carbons (Fsp3) is 0.833. The molecule has 0 aromatic carbocycles. The summed E-state index contributed by atoms with van der Waals surface area (Å²) in [5.74, 6) is 0.960. The molecule has 0 atom stereocenters. The predicted molar refractivity (Wildman–Crippen MR) is 45.2 cm³/mol. The molecule has 0 nitrogen and oxygen atoms in total. The monoisotopic (exact) mass is 149 g/mol. The van der Waals surface area contributed by atoms with Crippen LogP contribution < -0.4 is 0 Å². The zero-order chi connectivity index (χ0) is 6.62. The summed E-state index contributed by atoms with van der Waals surface area (Å²) in [5, 5.41) is 0. The van der Waals surface area contributed by atoms with E-state index in [4.69, 9.17) is 0 Å². The molecule has 0 unspecified atom stereocenters. The van der Waals surface area contributed by atoms with Crippen LogP contribution in [0.15, 0.2) is 0 Å². The molecule has 0 rings (SSSR count). The number of rotatable bonds is 2. The van der Waals surface area contributed by atoms with Crippen molar-refractivity contribution in [3.05, 3.63) is 6.92 Å². The molecule has 0 aromatic heterocycles. The van der Waals surface area contributed by atoms with Crippen molar-refractivity contribution < 1.29 is 0 Å². The van der Waals surface area contributed by atoms with E-state index >= 15 is 0 Å². The minimum Gasteiger partial charge on any atom is -0.0936 e. The molecule has 2 heteroatoms. The fourth-order valence-corrected chi connectivity index (χ4v) is 1.97. The molecule has 0 fully saturated rings. The van der Waals surface area contributed by atoms with Crippen molar-refractivity contribution in [2.45, 2.75) is 25.5 Å². The normalized spacial score (nSPS) is 12.0. The number of hydrogen-bond donors (Lipinski definition) is 0. The van der Waals surface area contributed by atoms with Gasteiger partial charge >= 0.3 is 0 Å². The zero-order valence-electron chi connectivity index (χ0n) is 5.73. The van der Waals surface area contributed by atoms with Gasteiger partial charge in [-0.05, 0) is 6.92 Å². The summed E-state index contributed by atoms with van der Waals surface area (Å²) in [4.78, 5) is 0. The van der Waals surface area contributed by atoms with Gasteiger partial charge < -0.3 is 0 Å². The quantitative estimate of drug-likeness (QED) is 0.554. The van der Waals surface area contributed by atoms with Crippen molar-refractivity contribution in [2.24, 2.45) is 0 Å². The Balaban J connectivity index is 3.11. The highest BCUT2D eigenvalue weighted by atomic mass is 33.1. The summed E-state index contributed by atoms with van der Waals surface area (Å²) in [6.07, 6.45) is 0. The molecule has 0 aliphatic rings. The molecule has 0 aliphatic carbocycles. The summed E-state index contributed by atoms with van der Waals surface area (Å²) >= 11 is 0. The van der Waals surface area contributed by atoms with E-state index in [9.17, 15) is 0 Å². The maximum atomic E-state index is 3.73. The maximum Gasteiger partial charge on any atom is 0.0179 e. The van der Waals surface area contributed by atoms with Crippen molar-refractivity contribution in [3.63, 3.8) is 0 Å². The van der Waals surface area contributed by atoms with Gasteiger partial charge in [-0.1, -0.05) is 42.4 Å². The van der Waals surface area contributed by atoms with Gasteiger partial charge in [-0.3, -0.25) is 0 Å². The van der Waals surface area contributed by atoms with Gasteiger partial charge in [-0.15, -0.1) is 0 Å². The Morgan fingerprint density at radius 1 is 1.38 bits per heavy atom. The van der Waals surface area contributed by atoms with Crippen LogP contribution in [0.4, 0.5) is 0 Å². The lowest BCUT2D eigenvalue weighted by molar-refractivity contribution is 0.810. The Morgan fingerprint density at radius 2 is 1.88 bits per heavy atom. The van der Waals surface area contributed by atoms with Gasteiger partial charge in [0.25, 0.3) is 0 Å². The molecule has 49 valence electrons. The van der Waals surface area contributed by atoms with E-state index in [1.54, 1.807) is 0 Å². The van der Waals surface area contributed by atoms with Gasteiger partial charge in [0.15, 0.2) is 0 Å². The Labute approximate surface area is 60.2 Å². The Bertz CT molecular complexity index is 54.0.